The molecule has 0 aromatic rings. The SMILES string of the molecule is CC(C)C(O)C(C)(C)CO.O=C(O)CCCCC(=O)O. The van der Waals surface area contributed by atoms with Crippen LogP contribution in [0.2, 0.25) is 0 Å². The molecule has 0 aliphatic carbocycles. The highest BCUT2D eigenvalue weighted by atomic mass is 16.4. The van der Waals surface area contributed by atoms with E-state index in [1.165, 1.54) is 0 Å². The van der Waals surface area contributed by atoms with Gasteiger partial charge in [0, 0.05) is 18.3 Å². The summed E-state index contributed by atoms with van der Waals surface area (Å²) >= 11 is 0. The van der Waals surface area contributed by atoms with E-state index in [1.807, 2.05) is 27.7 Å². The fourth-order valence-electron chi connectivity index (χ4n) is 1.55. The van der Waals surface area contributed by atoms with E-state index in [0.717, 1.165) is 0 Å². The monoisotopic (exact) mass is 292 g/mol. The molecular weight excluding hydrogens is 264 g/mol. The molecule has 0 rings (SSSR count). The zero-order chi connectivity index (χ0) is 16.3. The van der Waals surface area contributed by atoms with Crippen LogP contribution in [0.3, 0.4) is 0 Å². The Labute approximate surface area is 120 Å². The lowest BCUT2D eigenvalue weighted by molar-refractivity contribution is -0.139. The molecule has 0 aromatic heterocycles. The van der Waals surface area contributed by atoms with Crippen molar-refractivity contribution < 1.29 is 30.0 Å². The fraction of sp³-hybridized carbons (Fsp3) is 0.857. The Hall–Kier alpha value is -1.14. The normalized spacial score (nSPS) is 12.6. The summed E-state index contributed by atoms with van der Waals surface area (Å²) in [6.07, 6.45) is 0.599. The number of rotatable bonds is 8. The number of carboxylic acid groups (broad SMARTS) is 2. The van der Waals surface area contributed by atoms with Crippen LogP contribution in [0.1, 0.15) is 53.4 Å². The molecule has 1 atom stereocenters. The third kappa shape index (κ3) is 11.9. The Morgan fingerprint density at radius 2 is 1.35 bits per heavy atom. The average molecular weight is 292 g/mol. The van der Waals surface area contributed by atoms with Gasteiger partial charge >= 0.3 is 11.9 Å². The lowest BCUT2D eigenvalue weighted by Crippen LogP contribution is -2.36. The van der Waals surface area contributed by atoms with Gasteiger partial charge in [0.25, 0.3) is 0 Å². The van der Waals surface area contributed by atoms with Gasteiger partial charge in [-0.15, -0.1) is 0 Å². The van der Waals surface area contributed by atoms with Gasteiger partial charge in [-0.2, -0.15) is 0 Å². The second kappa shape index (κ2) is 10.6. The first kappa shape index (κ1) is 21.2. The van der Waals surface area contributed by atoms with Crippen molar-refractivity contribution in [2.75, 3.05) is 6.61 Å². The number of aliphatic hydroxyl groups is 2. The molecule has 0 heterocycles. The summed E-state index contributed by atoms with van der Waals surface area (Å²) in [6, 6.07) is 0. The van der Waals surface area contributed by atoms with E-state index in [9.17, 15) is 14.7 Å². The number of carboxylic acids is 2. The maximum absolute atomic E-state index is 9.90. The molecule has 0 saturated heterocycles. The van der Waals surface area contributed by atoms with E-state index in [2.05, 4.69) is 0 Å². The summed E-state index contributed by atoms with van der Waals surface area (Å²) in [4.78, 5) is 19.8. The molecule has 0 aliphatic rings. The molecule has 0 fully saturated rings. The Morgan fingerprint density at radius 1 is 1.00 bits per heavy atom. The predicted molar refractivity (Wildman–Crippen MR) is 75.5 cm³/mol. The first-order valence-corrected chi connectivity index (χ1v) is 6.77. The molecule has 120 valence electrons. The van der Waals surface area contributed by atoms with Crippen LogP contribution in [0, 0.1) is 11.3 Å². The Bertz CT molecular complexity index is 269. The van der Waals surface area contributed by atoms with E-state index < -0.39 is 18.0 Å². The van der Waals surface area contributed by atoms with Gasteiger partial charge in [0.05, 0.1) is 12.7 Å². The summed E-state index contributed by atoms with van der Waals surface area (Å²) in [5.74, 6) is -1.53. The van der Waals surface area contributed by atoms with Crippen LogP contribution >= 0.6 is 0 Å². The number of hydrogen-bond acceptors (Lipinski definition) is 4. The molecule has 0 saturated carbocycles. The van der Waals surface area contributed by atoms with Crippen LogP contribution in [0.25, 0.3) is 0 Å². The highest BCUT2D eigenvalue weighted by Crippen LogP contribution is 2.24. The largest absolute Gasteiger partial charge is 0.481 e. The van der Waals surface area contributed by atoms with Gasteiger partial charge in [0.15, 0.2) is 0 Å². The van der Waals surface area contributed by atoms with Crippen LogP contribution in [0.15, 0.2) is 0 Å². The number of carbonyl (C=O) groups is 2. The van der Waals surface area contributed by atoms with Crippen molar-refractivity contribution in [1.82, 2.24) is 0 Å². The van der Waals surface area contributed by atoms with Crippen molar-refractivity contribution in [1.29, 1.82) is 0 Å². The standard InChI is InChI=1S/C8H18O2.C6H10O4/c1-6(2)7(10)8(3,4)5-9;7-5(8)3-1-2-4-6(9)10/h6-7,9-10H,5H2,1-4H3;1-4H2,(H,7,8)(H,9,10). The topological polar surface area (TPSA) is 115 Å². The number of aliphatic carboxylic acids is 2. The van der Waals surface area contributed by atoms with Crippen molar-refractivity contribution in [2.45, 2.75) is 59.5 Å². The lowest BCUT2D eigenvalue weighted by Gasteiger charge is -2.30. The summed E-state index contributed by atoms with van der Waals surface area (Å²) < 4.78 is 0. The predicted octanol–water partition coefficient (Wildman–Crippen LogP) is 1.74. The highest BCUT2D eigenvalue weighted by Gasteiger charge is 2.28. The van der Waals surface area contributed by atoms with Crippen LogP contribution in [0.4, 0.5) is 0 Å². The molecule has 1 unspecified atom stereocenters. The van der Waals surface area contributed by atoms with Crippen molar-refractivity contribution in [3.63, 3.8) is 0 Å². The second-order valence-corrected chi connectivity index (χ2v) is 5.83. The van der Waals surface area contributed by atoms with Gasteiger partial charge in [-0.05, 0) is 18.8 Å². The molecular formula is C14H28O6. The third-order valence-corrected chi connectivity index (χ3v) is 2.87. The summed E-state index contributed by atoms with van der Waals surface area (Å²) in [5, 5.41) is 34.6. The number of unbranched alkanes of at least 4 members (excludes halogenated alkanes) is 1. The third-order valence-electron chi connectivity index (χ3n) is 2.87. The van der Waals surface area contributed by atoms with Gasteiger partial charge in [-0.25, -0.2) is 0 Å². The van der Waals surface area contributed by atoms with Crippen LogP contribution in [0.5, 0.6) is 0 Å². The second-order valence-electron chi connectivity index (χ2n) is 5.83. The highest BCUT2D eigenvalue weighted by molar-refractivity contribution is 5.67. The summed E-state index contributed by atoms with van der Waals surface area (Å²) in [7, 11) is 0. The quantitative estimate of drug-likeness (QED) is 0.506. The maximum Gasteiger partial charge on any atom is 0.303 e. The fourth-order valence-corrected chi connectivity index (χ4v) is 1.55. The molecule has 0 bridgehead atoms. The average Bonchev–Trinajstić information content (AvgIpc) is 2.34. The van der Waals surface area contributed by atoms with E-state index >= 15 is 0 Å². The van der Waals surface area contributed by atoms with E-state index in [4.69, 9.17) is 15.3 Å². The van der Waals surface area contributed by atoms with Crippen LogP contribution in [-0.2, 0) is 9.59 Å². The van der Waals surface area contributed by atoms with Gasteiger partial charge < -0.3 is 20.4 Å². The Kier molecular flexibility index (Phi) is 11.2. The van der Waals surface area contributed by atoms with Crippen molar-refractivity contribution in [3.8, 4) is 0 Å². The van der Waals surface area contributed by atoms with Crippen molar-refractivity contribution in [2.24, 2.45) is 11.3 Å². The Balaban J connectivity index is 0. The molecule has 6 heteroatoms. The minimum absolute atomic E-state index is 0.0341. The van der Waals surface area contributed by atoms with Gasteiger partial charge in [-0.3, -0.25) is 9.59 Å². The van der Waals surface area contributed by atoms with Gasteiger partial charge in [-0.1, -0.05) is 27.7 Å². The van der Waals surface area contributed by atoms with Gasteiger partial charge in [0.1, 0.15) is 0 Å². The van der Waals surface area contributed by atoms with Crippen LogP contribution in [-0.4, -0.2) is 45.1 Å². The number of aliphatic hydroxyl groups excluding tert-OH is 2. The number of hydrogen-bond donors (Lipinski definition) is 4. The first-order chi connectivity index (χ1) is 9.04. The molecule has 0 amide bonds. The molecule has 0 aliphatic heterocycles. The van der Waals surface area contributed by atoms with E-state index in [1.54, 1.807) is 0 Å². The summed E-state index contributed by atoms with van der Waals surface area (Å²) in [5.41, 5.74) is -0.367. The maximum atomic E-state index is 9.90. The van der Waals surface area contributed by atoms with Crippen molar-refractivity contribution in [3.05, 3.63) is 0 Å². The minimum atomic E-state index is -0.870. The lowest BCUT2D eigenvalue weighted by atomic mass is 9.82. The van der Waals surface area contributed by atoms with Crippen LogP contribution < -0.4 is 0 Å². The molecule has 0 radical (unpaired) electrons. The molecule has 0 aromatic carbocycles. The van der Waals surface area contributed by atoms with Crippen molar-refractivity contribution >= 4 is 11.9 Å². The smallest absolute Gasteiger partial charge is 0.303 e. The Morgan fingerprint density at radius 3 is 1.50 bits per heavy atom. The molecule has 0 spiro atoms. The minimum Gasteiger partial charge on any atom is -0.481 e. The molecule has 20 heavy (non-hydrogen) atoms. The van der Waals surface area contributed by atoms with E-state index in [0.29, 0.717) is 12.8 Å². The zero-order valence-corrected chi connectivity index (χ0v) is 12.8. The zero-order valence-electron chi connectivity index (χ0n) is 12.8. The first-order valence-electron chi connectivity index (χ1n) is 6.77. The molecule has 6 nitrogen and oxygen atoms in total. The summed E-state index contributed by atoms with van der Waals surface area (Å²) in [6.45, 7) is 7.64. The van der Waals surface area contributed by atoms with E-state index in [-0.39, 0.29) is 30.8 Å². The molecule has 4 N–H and O–H groups in total. The van der Waals surface area contributed by atoms with Gasteiger partial charge in [0.2, 0.25) is 0 Å².